The third-order valence-electron chi connectivity index (χ3n) is 5.17. The van der Waals surface area contributed by atoms with E-state index in [9.17, 15) is 4.79 Å². The van der Waals surface area contributed by atoms with E-state index in [-0.39, 0.29) is 11.9 Å². The standard InChI is InChI=1S/C22H28N2O5/c1-26-16-8-10-19(27-2)17(13-16)18-6-5-11-24(18)14-22(25)23-15-7-9-20(28-3)21(12-15)29-4/h7-10,12-13,18H,5-6,11,14H2,1-4H3,(H,23,25)/t18-/m0/s1. The van der Waals surface area contributed by atoms with Gasteiger partial charge in [-0.2, -0.15) is 0 Å². The number of anilines is 1. The second-order valence-electron chi connectivity index (χ2n) is 6.85. The van der Waals surface area contributed by atoms with Gasteiger partial charge in [0.2, 0.25) is 5.91 Å². The van der Waals surface area contributed by atoms with E-state index in [1.807, 2.05) is 18.2 Å². The zero-order valence-corrected chi connectivity index (χ0v) is 17.4. The molecule has 7 heteroatoms. The summed E-state index contributed by atoms with van der Waals surface area (Å²) in [5.41, 5.74) is 1.71. The fourth-order valence-corrected chi connectivity index (χ4v) is 3.77. The number of methoxy groups -OCH3 is 4. The van der Waals surface area contributed by atoms with Crippen LogP contribution >= 0.6 is 0 Å². The van der Waals surface area contributed by atoms with Crippen molar-refractivity contribution in [3.8, 4) is 23.0 Å². The van der Waals surface area contributed by atoms with E-state index in [1.54, 1.807) is 46.6 Å². The molecule has 156 valence electrons. The molecule has 0 aliphatic carbocycles. The lowest BCUT2D eigenvalue weighted by atomic mass is 10.0. The van der Waals surface area contributed by atoms with Crippen LogP contribution in [0.25, 0.3) is 0 Å². The van der Waals surface area contributed by atoms with Gasteiger partial charge < -0.3 is 24.3 Å². The van der Waals surface area contributed by atoms with Crippen molar-refractivity contribution in [3.05, 3.63) is 42.0 Å². The molecule has 0 aromatic heterocycles. The molecular weight excluding hydrogens is 372 g/mol. The van der Waals surface area contributed by atoms with Crippen LogP contribution in [0.2, 0.25) is 0 Å². The predicted octanol–water partition coefficient (Wildman–Crippen LogP) is 3.50. The van der Waals surface area contributed by atoms with Crippen molar-refractivity contribution in [1.82, 2.24) is 4.90 Å². The van der Waals surface area contributed by atoms with E-state index in [2.05, 4.69) is 10.2 Å². The third-order valence-corrected chi connectivity index (χ3v) is 5.17. The lowest BCUT2D eigenvalue weighted by molar-refractivity contribution is -0.117. The quantitative estimate of drug-likeness (QED) is 0.732. The number of hydrogen-bond donors (Lipinski definition) is 1. The van der Waals surface area contributed by atoms with Crippen molar-refractivity contribution < 1.29 is 23.7 Å². The monoisotopic (exact) mass is 400 g/mol. The van der Waals surface area contributed by atoms with Gasteiger partial charge in [0, 0.05) is 23.4 Å². The first-order valence-electron chi connectivity index (χ1n) is 9.57. The van der Waals surface area contributed by atoms with E-state index in [1.165, 1.54) is 0 Å². The SMILES string of the molecule is COc1ccc(OC)c([C@@H]2CCCN2CC(=O)Nc2ccc(OC)c(OC)c2)c1. The number of amides is 1. The number of nitrogens with one attached hydrogen (secondary N) is 1. The third kappa shape index (κ3) is 4.74. The maximum atomic E-state index is 12.7. The Morgan fingerprint density at radius 1 is 0.966 bits per heavy atom. The first kappa shape index (κ1) is 20.8. The Hall–Kier alpha value is -2.93. The van der Waals surface area contributed by atoms with Crippen molar-refractivity contribution in [3.63, 3.8) is 0 Å². The fourth-order valence-electron chi connectivity index (χ4n) is 3.77. The minimum Gasteiger partial charge on any atom is -0.497 e. The Labute approximate surface area is 171 Å². The first-order valence-corrected chi connectivity index (χ1v) is 9.57. The van der Waals surface area contributed by atoms with E-state index in [0.29, 0.717) is 23.7 Å². The first-order chi connectivity index (χ1) is 14.1. The summed E-state index contributed by atoms with van der Waals surface area (Å²) in [4.78, 5) is 14.9. The summed E-state index contributed by atoms with van der Waals surface area (Å²) in [7, 11) is 6.46. The number of nitrogens with zero attached hydrogens (tertiary/aromatic N) is 1. The molecular formula is C22H28N2O5. The second kappa shape index (κ2) is 9.52. The molecule has 2 aromatic rings. The van der Waals surface area contributed by atoms with E-state index < -0.39 is 0 Å². The number of likely N-dealkylation sites (tertiary alicyclic amines) is 1. The number of ether oxygens (including phenoxy) is 4. The summed E-state index contributed by atoms with van der Waals surface area (Å²) in [6.45, 7) is 1.14. The molecule has 0 spiro atoms. The summed E-state index contributed by atoms with van der Waals surface area (Å²) in [6.07, 6.45) is 1.99. The summed E-state index contributed by atoms with van der Waals surface area (Å²) >= 11 is 0. The molecule has 0 radical (unpaired) electrons. The molecule has 0 bridgehead atoms. The van der Waals surface area contributed by atoms with Crippen LogP contribution in [0.5, 0.6) is 23.0 Å². The highest BCUT2D eigenvalue weighted by atomic mass is 16.5. The topological polar surface area (TPSA) is 69.3 Å². The molecule has 1 heterocycles. The maximum Gasteiger partial charge on any atom is 0.238 e. The zero-order valence-electron chi connectivity index (χ0n) is 17.4. The van der Waals surface area contributed by atoms with Crippen LogP contribution in [0.3, 0.4) is 0 Å². The molecule has 1 atom stereocenters. The van der Waals surface area contributed by atoms with Gasteiger partial charge in [-0.3, -0.25) is 9.69 Å². The van der Waals surface area contributed by atoms with Gasteiger partial charge in [-0.15, -0.1) is 0 Å². The maximum absolute atomic E-state index is 12.7. The van der Waals surface area contributed by atoms with Crippen molar-refractivity contribution in [1.29, 1.82) is 0 Å². The Morgan fingerprint density at radius 2 is 1.69 bits per heavy atom. The smallest absolute Gasteiger partial charge is 0.238 e. The van der Waals surface area contributed by atoms with Crippen molar-refractivity contribution in [2.75, 3.05) is 46.8 Å². The number of carbonyl (C=O) groups is 1. The minimum atomic E-state index is -0.0778. The van der Waals surface area contributed by atoms with Gasteiger partial charge in [0.15, 0.2) is 11.5 Å². The molecule has 7 nitrogen and oxygen atoms in total. The van der Waals surface area contributed by atoms with E-state index in [0.717, 1.165) is 36.4 Å². The largest absolute Gasteiger partial charge is 0.497 e. The number of hydrogen-bond acceptors (Lipinski definition) is 6. The summed E-state index contributed by atoms with van der Waals surface area (Å²) in [5.74, 6) is 2.71. The highest BCUT2D eigenvalue weighted by molar-refractivity contribution is 5.92. The average molecular weight is 400 g/mol. The van der Waals surface area contributed by atoms with Gasteiger partial charge in [-0.1, -0.05) is 0 Å². The molecule has 29 heavy (non-hydrogen) atoms. The van der Waals surface area contributed by atoms with Gasteiger partial charge in [0.1, 0.15) is 11.5 Å². The van der Waals surface area contributed by atoms with Crippen molar-refractivity contribution in [2.45, 2.75) is 18.9 Å². The van der Waals surface area contributed by atoms with Crippen molar-refractivity contribution in [2.24, 2.45) is 0 Å². The van der Waals surface area contributed by atoms with Crippen LogP contribution in [-0.2, 0) is 4.79 Å². The van der Waals surface area contributed by atoms with E-state index >= 15 is 0 Å². The highest BCUT2D eigenvalue weighted by Crippen LogP contribution is 2.38. The number of rotatable bonds is 8. The summed E-state index contributed by atoms with van der Waals surface area (Å²) in [6, 6.07) is 11.2. The molecule has 1 N–H and O–H groups in total. The molecule has 2 aromatic carbocycles. The Morgan fingerprint density at radius 3 is 2.38 bits per heavy atom. The molecule has 0 unspecified atom stereocenters. The molecule has 0 saturated carbocycles. The van der Waals surface area contributed by atoms with Crippen LogP contribution < -0.4 is 24.3 Å². The summed E-state index contributed by atoms with van der Waals surface area (Å²) < 4.78 is 21.5. The minimum absolute atomic E-state index is 0.0778. The van der Waals surface area contributed by atoms with Gasteiger partial charge in [-0.25, -0.2) is 0 Å². The fraction of sp³-hybridized carbons (Fsp3) is 0.409. The van der Waals surface area contributed by atoms with Crippen LogP contribution in [0, 0.1) is 0 Å². The zero-order chi connectivity index (χ0) is 20.8. The van der Waals surface area contributed by atoms with E-state index in [4.69, 9.17) is 18.9 Å². The van der Waals surface area contributed by atoms with Gasteiger partial charge >= 0.3 is 0 Å². The molecule has 1 aliphatic heterocycles. The van der Waals surface area contributed by atoms with Crippen molar-refractivity contribution >= 4 is 11.6 Å². The molecule has 1 fully saturated rings. The lowest BCUT2D eigenvalue weighted by Crippen LogP contribution is -2.33. The predicted molar refractivity (Wildman–Crippen MR) is 111 cm³/mol. The van der Waals surface area contributed by atoms with Crippen LogP contribution in [-0.4, -0.2) is 52.3 Å². The van der Waals surface area contributed by atoms with Gasteiger partial charge in [-0.05, 0) is 49.7 Å². The number of carbonyl (C=O) groups excluding carboxylic acids is 1. The Kier molecular flexibility index (Phi) is 6.82. The van der Waals surface area contributed by atoms with Crippen LogP contribution in [0.1, 0.15) is 24.4 Å². The molecule has 1 amide bonds. The van der Waals surface area contributed by atoms with Gasteiger partial charge in [0.05, 0.1) is 35.0 Å². The lowest BCUT2D eigenvalue weighted by Gasteiger charge is -2.26. The average Bonchev–Trinajstić information content (AvgIpc) is 3.20. The molecule has 1 saturated heterocycles. The Balaban J connectivity index is 1.72. The Bertz CT molecular complexity index is 855. The summed E-state index contributed by atoms with van der Waals surface area (Å²) in [5, 5.41) is 2.95. The highest BCUT2D eigenvalue weighted by Gasteiger charge is 2.30. The van der Waals surface area contributed by atoms with Gasteiger partial charge in [0.25, 0.3) is 0 Å². The number of benzene rings is 2. The van der Waals surface area contributed by atoms with Crippen LogP contribution in [0.15, 0.2) is 36.4 Å². The second-order valence-corrected chi connectivity index (χ2v) is 6.85. The normalized spacial score (nSPS) is 16.3. The van der Waals surface area contributed by atoms with Crippen LogP contribution in [0.4, 0.5) is 5.69 Å². The molecule has 3 rings (SSSR count). The molecule has 1 aliphatic rings.